The van der Waals surface area contributed by atoms with Crippen LogP contribution in [-0.2, 0) is 121 Å². The number of hydrogen-bond donors (Lipinski definition) is 0. The van der Waals surface area contributed by atoms with E-state index in [4.69, 9.17) is 0 Å². The second kappa shape index (κ2) is 24.7. The molecular formula is C93H86B5N10+. The highest BCUT2D eigenvalue weighted by Crippen LogP contribution is 2.29. The molecule has 0 saturated heterocycles. The second-order valence-corrected chi connectivity index (χ2v) is 32.8. The van der Waals surface area contributed by atoms with Gasteiger partial charge in [-0.15, -0.1) is 0 Å². The second-order valence-electron chi connectivity index (χ2n) is 32.8. The average Bonchev–Trinajstić information content (AvgIpc) is 1.45. The van der Waals surface area contributed by atoms with Crippen LogP contribution in [0.4, 0.5) is 0 Å². The minimum absolute atomic E-state index is 0.344. The maximum Gasteiger partial charge on any atom is 0.345 e. The van der Waals surface area contributed by atoms with Crippen molar-refractivity contribution in [3.8, 4) is 0 Å². The molecule has 18 heterocycles. The van der Waals surface area contributed by atoms with Crippen molar-refractivity contribution in [3.05, 3.63) is 342 Å². The van der Waals surface area contributed by atoms with E-state index in [9.17, 15) is 0 Å². The smallest absolute Gasteiger partial charge is 0.345 e. The van der Waals surface area contributed by atoms with Crippen LogP contribution in [0.25, 0.3) is 0 Å². The van der Waals surface area contributed by atoms with Crippen LogP contribution in [0.1, 0.15) is 123 Å². The highest BCUT2D eigenvalue weighted by Gasteiger charge is 2.47. The minimum Gasteiger partial charge on any atom is -0.362 e. The highest BCUT2D eigenvalue weighted by molar-refractivity contribution is 6.99. The standard InChI is InChI=1S/C20H18BN.C19H18BN2.C19H17BN2.C18H17BN2.C17H16BN3/c1-13-5-3-6-14-11-15-7-4-8-16-12-17-9-10-22(2)20(17)21(18(13)14)19(15)16;1-21-9-4-7-15-11-13-5-3-6-14-12-16-8-10-22(2)19(16)20(17(13)14)18(15)21;1-12-5-3-6-13-9-14-7-4-8-15-10-16-19(22(2)11-21-16)20(17(12)13)18(14)15;1-20-8-6-14-10-12-4-3-5-13-11-15-7-9-21(2)18(15)19(16(12)13)17(14)20;1-20-7-6-13-8-11-4-3-5-12-9-14-17(21(2)10-19-14)18(15(11)12)16(13)20/h2*3-10H,11-12H2,1-2H3;3-8,11H,9-10H2,1-2H3;3-9H,10-11H2,1-2H3;3-7,10H,8-9H2,1-2H3/q;+1;;;. The van der Waals surface area contributed by atoms with Gasteiger partial charge in [0.05, 0.1) is 24.0 Å². The molecule has 25 rings (SSSR count). The van der Waals surface area contributed by atoms with Crippen molar-refractivity contribution in [3.63, 3.8) is 0 Å². The van der Waals surface area contributed by atoms with Gasteiger partial charge in [-0.2, -0.15) is 0 Å². The Morgan fingerprint density at radius 2 is 0.500 bits per heavy atom. The van der Waals surface area contributed by atoms with Crippen molar-refractivity contribution in [2.24, 2.45) is 56.4 Å². The zero-order chi connectivity index (χ0) is 72.8. The van der Waals surface area contributed by atoms with Crippen molar-refractivity contribution in [1.29, 1.82) is 0 Å². The first-order chi connectivity index (χ1) is 52.7. The molecule has 15 heteroatoms. The molecule has 0 N–H and O–H groups in total. The lowest BCUT2D eigenvalue weighted by Gasteiger charge is -2.34. The third-order valence-electron chi connectivity index (χ3n) is 26.7. The van der Waals surface area contributed by atoms with Crippen LogP contribution in [0.5, 0.6) is 0 Å². The highest BCUT2D eigenvalue weighted by atomic mass is 15.0. The summed E-state index contributed by atoms with van der Waals surface area (Å²) in [4.78, 5) is 9.32. The lowest BCUT2D eigenvalue weighted by molar-refractivity contribution is -0.654. The molecule has 0 radical (unpaired) electrons. The maximum atomic E-state index is 4.67. The van der Waals surface area contributed by atoms with Crippen LogP contribution in [0.3, 0.4) is 0 Å². The summed E-state index contributed by atoms with van der Waals surface area (Å²) >= 11 is 0. The van der Waals surface area contributed by atoms with Gasteiger partial charge in [0.1, 0.15) is 7.05 Å². The topological polar surface area (TPSA) is 64.2 Å². The molecule has 10 aliphatic rings. The van der Waals surface area contributed by atoms with Gasteiger partial charge in [0.25, 0.3) is 26.9 Å². The molecular weight excluding hydrogens is 1310 g/mol. The summed E-state index contributed by atoms with van der Waals surface area (Å²) in [5.74, 6) is 0. The maximum absolute atomic E-state index is 4.67. The van der Waals surface area contributed by atoms with Gasteiger partial charge < -0.3 is 32.0 Å². The Bertz CT molecular complexity index is 5590. The third-order valence-corrected chi connectivity index (χ3v) is 26.7. The van der Waals surface area contributed by atoms with Gasteiger partial charge in [0.15, 0.2) is 11.8 Å². The molecule has 108 heavy (non-hydrogen) atoms. The Morgan fingerprint density at radius 3 is 0.870 bits per heavy atom. The number of nitrogens with zero attached hydrogens (tertiary/aromatic N) is 10. The zero-order valence-corrected chi connectivity index (χ0v) is 63.7. The molecule has 8 aromatic heterocycles. The number of rotatable bonds is 0. The normalized spacial score (nSPS) is 14.5. The molecule has 0 spiro atoms. The van der Waals surface area contributed by atoms with E-state index in [2.05, 4.69) is 324 Å². The Morgan fingerprint density at radius 1 is 0.250 bits per heavy atom. The summed E-state index contributed by atoms with van der Waals surface area (Å²) in [5, 5.41) is 0. The number of imidazole rings is 2. The fourth-order valence-electron chi connectivity index (χ4n) is 22.3. The predicted octanol–water partition coefficient (Wildman–Crippen LogP) is 3.66. The van der Waals surface area contributed by atoms with E-state index in [-0.39, 0.29) is 0 Å². The molecule has 0 amide bonds. The van der Waals surface area contributed by atoms with Crippen molar-refractivity contribution in [2.75, 3.05) is 0 Å². The summed E-state index contributed by atoms with van der Waals surface area (Å²) in [6.07, 6.45) is 27.7. The fraction of sp³-hybridized carbons (Fsp3) is 0.215. The van der Waals surface area contributed by atoms with Crippen LogP contribution < -0.4 is 87.6 Å². The van der Waals surface area contributed by atoms with Gasteiger partial charge in [0.2, 0.25) is 0 Å². The van der Waals surface area contributed by atoms with Gasteiger partial charge in [-0.1, -0.05) is 177 Å². The summed E-state index contributed by atoms with van der Waals surface area (Å²) in [6.45, 7) is 6.41. The molecule has 0 fully saturated rings. The van der Waals surface area contributed by atoms with Gasteiger partial charge in [0, 0.05) is 128 Å². The molecule has 0 saturated carbocycles. The molecule has 0 aliphatic carbocycles. The Kier molecular flexibility index (Phi) is 14.9. The first kappa shape index (κ1) is 65.2. The van der Waals surface area contributed by atoms with E-state index in [0.29, 0.717) is 33.6 Å². The number of benzene rings is 7. The van der Waals surface area contributed by atoms with E-state index >= 15 is 0 Å². The van der Waals surface area contributed by atoms with Crippen molar-refractivity contribution in [2.45, 2.75) is 78.1 Å². The summed E-state index contributed by atoms with van der Waals surface area (Å²) in [7, 11) is 17.3. The first-order valence-corrected chi connectivity index (χ1v) is 39.1. The van der Waals surface area contributed by atoms with E-state index in [1.807, 2.05) is 12.7 Å². The van der Waals surface area contributed by atoms with Crippen LogP contribution in [-0.4, -0.2) is 75.5 Å². The Labute approximate surface area is 635 Å². The summed E-state index contributed by atoms with van der Waals surface area (Å²) in [5.41, 5.74) is 54.6. The number of hydrogen-bond acceptors (Lipinski definition) is 2. The largest absolute Gasteiger partial charge is 0.362 e. The monoisotopic (exact) mass is 1400 g/mol. The van der Waals surface area contributed by atoms with Crippen molar-refractivity contribution in [1.82, 2.24) is 41.9 Å². The Hall–Kier alpha value is -11.2. The molecule has 522 valence electrons. The number of aromatic nitrogens is 10. The summed E-state index contributed by atoms with van der Waals surface area (Å²) < 4.78 is 18.3. The quantitative estimate of drug-likeness (QED) is 0.172. The number of pyridine rings is 1. The molecule has 10 aliphatic heterocycles. The first-order valence-electron chi connectivity index (χ1n) is 39.1. The van der Waals surface area contributed by atoms with Crippen molar-refractivity contribution < 1.29 is 4.57 Å². The van der Waals surface area contributed by atoms with Crippen LogP contribution in [0.15, 0.2) is 220 Å². The summed E-state index contributed by atoms with van der Waals surface area (Å²) in [6, 6.07) is 63.6. The molecule has 15 aromatic rings. The number of aryl methyl sites for hydroxylation is 10. The number of fused-ring (bicyclic) bond motifs is 20. The lowest BCUT2D eigenvalue weighted by Crippen LogP contribution is -2.70. The van der Waals surface area contributed by atoms with Gasteiger partial charge in [-0.25, -0.2) is 14.5 Å². The van der Waals surface area contributed by atoms with Gasteiger partial charge >= 0.3 is 6.71 Å². The van der Waals surface area contributed by atoms with Crippen LogP contribution in [0, 0.1) is 13.8 Å². The average molecular weight is 1400 g/mol. The third kappa shape index (κ3) is 9.80. The van der Waals surface area contributed by atoms with E-state index in [0.717, 1.165) is 64.2 Å². The van der Waals surface area contributed by atoms with Gasteiger partial charge in [-0.3, -0.25) is 0 Å². The van der Waals surface area contributed by atoms with E-state index in [1.165, 1.54) is 178 Å². The molecule has 10 nitrogen and oxygen atoms in total. The van der Waals surface area contributed by atoms with Gasteiger partial charge in [-0.05, 0) is 212 Å². The van der Waals surface area contributed by atoms with Crippen LogP contribution >= 0.6 is 0 Å². The van der Waals surface area contributed by atoms with Crippen molar-refractivity contribution >= 4 is 117 Å². The zero-order valence-electron chi connectivity index (χ0n) is 63.7. The minimum atomic E-state index is 0.344. The van der Waals surface area contributed by atoms with Crippen LogP contribution in [0.2, 0.25) is 0 Å². The molecule has 0 atom stereocenters. The molecule has 0 bridgehead atoms. The molecule has 0 unspecified atom stereocenters. The lowest BCUT2D eigenvalue weighted by atomic mass is 9.31. The van der Waals surface area contributed by atoms with E-state index in [1.54, 1.807) is 27.3 Å². The van der Waals surface area contributed by atoms with E-state index < -0.39 is 0 Å². The molecule has 7 aromatic carbocycles. The Balaban J connectivity index is 0.0000000862. The fourth-order valence-corrected chi connectivity index (χ4v) is 22.3. The SMILES string of the molecule is Cc1cccc2c1B1c3c(cccc3Cc3ccn(C)c31)C2.Cc1cccc2c1B1c3c(cccc3Cc3ncn(C)c31)C2.Cn1ccc2c1B1c3c(cccc3Cc3ccc[n+](C)c31)C2.Cn1ccc2c1B1c3c(cccc3Cc3ccn(C)c31)C2.Cn1ccc2c1B1c3c(cccc3Cc3ncn(C)c31)C2. The predicted molar refractivity (Wildman–Crippen MR) is 447 cm³/mol.